The first-order chi connectivity index (χ1) is 11.3. The molecule has 2 aromatic carbocycles. The molecule has 0 fully saturated rings. The monoisotopic (exact) mass is 355 g/mol. The van der Waals surface area contributed by atoms with E-state index in [4.69, 9.17) is 5.11 Å². The molecule has 0 heterocycles. The molecule has 0 unspecified atom stereocenters. The topological polar surface area (TPSA) is 122 Å². The predicted molar refractivity (Wildman–Crippen MR) is 85.9 cm³/mol. The molecule has 0 aliphatic heterocycles. The lowest BCUT2D eigenvalue weighted by atomic mass is 10.2. The first-order valence-corrected chi connectivity index (χ1v) is 8.23. The molecule has 2 rings (SSSR count). The fourth-order valence-electron chi connectivity index (χ4n) is 1.91. The summed E-state index contributed by atoms with van der Waals surface area (Å²) in [5, 5.41) is 22.5. The molecule has 0 aliphatic carbocycles. The van der Waals surface area contributed by atoms with Crippen LogP contribution in [0.3, 0.4) is 0 Å². The molecule has 2 aromatic rings. The van der Waals surface area contributed by atoms with E-state index >= 15 is 0 Å². The Morgan fingerprint density at radius 2 is 1.92 bits per heavy atom. The molecule has 3 N–H and O–H groups in total. The molecule has 128 valence electrons. The van der Waals surface area contributed by atoms with Gasteiger partial charge in [0.1, 0.15) is 5.82 Å². The molecule has 0 spiro atoms. The lowest BCUT2D eigenvalue weighted by Crippen LogP contribution is -2.16. The van der Waals surface area contributed by atoms with Crippen LogP contribution in [0.1, 0.15) is 0 Å². The quantitative estimate of drug-likeness (QED) is 0.515. The highest BCUT2D eigenvalue weighted by molar-refractivity contribution is 7.92. The molecule has 24 heavy (non-hydrogen) atoms. The van der Waals surface area contributed by atoms with E-state index in [-0.39, 0.29) is 35.1 Å². The van der Waals surface area contributed by atoms with Gasteiger partial charge in [0.05, 0.1) is 27.8 Å². The first kappa shape index (κ1) is 17.6. The number of sulfonamides is 1. The van der Waals surface area contributed by atoms with Crippen LogP contribution in [0, 0.1) is 15.9 Å². The molecule has 0 atom stereocenters. The second kappa shape index (κ2) is 7.23. The first-order valence-electron chi connectivity index (χ1n) is 6.75. The molecule has 0 aliphatic rings. The summed E-state index contributed by atoms with van der Waals surface area (Å²) in [4.78, 5) is 9.89. The molecule has 10 heteroatoms. The minimum Gasteiger partial charge on any atom is -0.395 e. The summed E-state index contributed by atoms with van der Waals surface area (Å²) in [6.07, 6.45) is 0. The fraction of sp³-hybridized carbons (Fsp3) is 0.143. The SMILES string of the molecule is O=[N+]([O-])c1ccc(NCCO)c(NS(=O)(=O)c2cccc(F)c2)c1. The summed E-state index contributed by atoms with van der Waals surface area (Å²) in [7, 11) is -4.14. The molecular formula is C14H14FN3O5S. The van der Waals surface area contributed by atoms with E-state index in [0.29, 0.717) is 0 Å². The molecule has 0 aromatic heterocycles. The van der Waals surface area contributed by atoms with Crippen molar-refractivity contribution in [1.29, 1.82) is 0 Å². The Labute approximate surface area is 137 Å². The second-order valence-corrected chi connectivity index (χ2v) is 6.38. The third-order valence-corrected chi connectivity index (χ3v) is 4.36. The lowest BCUT2D eigenvalue weighted by molar-refractivity contribution is -0.384. The van der Waals surface area contributed by atoms with Crippen molar-refractivity contribution in [1.82, 2.24) is 0 Å². The molecular weight excluding hydrogens is 341 g/mol. The van der Waals surface area contributed by atoms with Gasteiger partial charge in [-0.25, -0.2) is 12.8 Å². The van der Waals surface area contributed by atoms with E-state index in [1.165, 1.54) is 24.3 Å². The van der Waals surface area contributed by atoms with Crippen LogP contribution in [-0.2, 0) is 10.0 Å². The predicted octanol–water partition coefficient (Wildman–Crippen LogP) is 1.94. The Hall–Kier alpha value is -2.72. The van der Waals surface area contributed by atoms with Gasteiger partial charge < -0.3 is 10.4 Å². The average Bonchev–Trinajstić information content (AvgIpc) is 2.53. The molecule has 0 saturated carbocycles. The Bertz CT molecular complexity index is 857. The Kier molecular flexibility index (Phi) is 5.31. The zero-order chi connectivity index (χ0) is 17.7. The number of nitrogens with zero attached hydrogens (tertiary/aromatic N) is 1. The number of hydrogen-bond donors (Lipinski definition) is 3. The van der Waals surface area contributed by atoms with Crippen molar-refractivity contribution in [3.63, 3.8) is 0 Å². The normalized spacial score (nSPS) is 11.1. The molecule has 0 amide bonds. The third kappa shape index (κ3) is 4.18. The van der Waals surface area contributed by atoms with Gasteiger partial charge in [-0.15, -0.1) is 0 Å². The number of halogens is 1. The Morgan fingerprint density at radius 3 is 2.54 bits per heavy atom. The van der Waals surface area contributed by atoms with Crippen molar-refractivity contribution >= 4 is 27.1 Å². The third-order valence-electron chi connectivity index (χ3n) is 2.99. The van der Waals surface area contributed by atoms with Crippen LogP contribution in [0.25, 0.3) is 0 Å². The number of benzene rings is 2. The van der Waals surface area contributed by atoms with Gasteiger partial charge in [0, 0.05) is 18.7 Å². The van der Waals surface area contributed by atoms with Crippen molar-refractivity contribution in [3.8, 4) is 0 Å². The molecule has 0 radical (unpaired) electrons. The lowest BCUT2D eigenvalue weighted by Gasteiger charge is -2.13. The summed E-state index contributed by atoms with van der Waals surface area (Å²) in [5.41, 5.74) is -0.155. The minimum absolute atomic E-state index is 0.0816. The number of aliphatic hydroxyl groups excluding tert-OH is 1. The second-order valence-electron chi connectivity index (χ2n) is 4.70. The number of nitro groups is 1. The maximum atomic E-state index is 13.2. The maximum absolute atomic E-state index is 13.2. The van der Waals surface area contributed by atoms with Crippen molar-refractivity contribution in [3.05, 3.63) is 58.4 Å². The van der Waals surface area contributed by atoms with Crippen molar-refractivity contribution < 1.29 is 22.8 Å². The van der Waals surface area contributed by atoms with Gasteiger partial charge in [0.2, 0.25) is 0 Å². The van der Waals surface area contributed by atoms with Crippen LogP contribution in [0.15, 0.2) is 47.4 Å². The van der Waals surface area contributed by atoms with Crippen LogP contribution in [0.5, 0.6) is 0 Å². The van der Waals surface area contributed by atoms with Gasteiger partial charge in [-0.3, -0.25) is 14.8 Å². The largest absolute Gasteiger partial charge is 0.395 e. The molecule has 0 saturated heterocycles. The van der Waals surface area contributed by atoms with Gasteiger partial charge in [-0.05, 0) is 24.3 Å². The number of rotatable bonds is 7. The van der Waals surface area contributed by atoms with Crippen LogP contribution in [-0.4, -0.2) is 31.6 Å². The standard InChI is InChI=1S/C14H14FN3O5S/c15-10-2-1-3-12(8-10)24(22,23)17-14-9-11(18(20)21)4-5-13(14)16-6-7-19/h1-5,8-9,16-17,19H,6-7H2. The zero-order valence-corrected chi connectivity index (χ0v) is 13.1. The Morgan fingerprint density at radius 1 is 1.17 bits per heavy atom. The van der Waals surface area contributed by atoms with E-state index in [2.05, 4.69) is 10.0 Å². The van der Waals surface area contributed by atoms with Crippen molar-refractivity contribution in [2.75, 3.05) is 23.2 Å². The summed E-state index contributed by atoms with van der Waals surface area (Å²) in [6, 6.07) is 7.92. The van der Waals surface area contributed by atoms with E-state index in [0.717, 1.165) is 18.2 Å². The number of anilines is 2. The number of nitrogens with one attached hydrogen (secondary N) is 2. The van der Waals surface area contributed by atoms with Crippen LogP contribution in [0.2, 0.25) is 0 Å². The molecule has 0 bridgehead atoms. The zero-order valence-electron chi connectivity index (χ0n) is 12.3. The average molecular weight is 355 g/mol. The minimum atomic E-state index is -4.14. The highest BCUT2D eigenvalue weighted by atomic mass is 32.2. The van der Waals surface area contributed by atoms with E-state index < -0.39 is 20.8 Å². The molecule has 8 nitrogen and oxygen atoms in total. The summed E-state index contributed by atoms with van der Waals surface area (Å²) in [5.74, 6) is -0.726. The maximum Gasteiger partial charge on any atom is 0.271 e. The Balaban J connectivity index is 2.42. The highest BCUT2D eigenvalue weighted by Gasteiger charge is 2.19. The van der Waals surface area contributed by atoms with Crippen LogP contribution >= 0.6 is 0 Å². The summed E-state index contributed by atoms with van der Waals surface area (Å²) < 4.78 is 40.1. The van der Waals surface area contributed by atoms with Gasteiger partial charge >= 0.3 is 0 Å². The van der Waals surface area contributed by atoms with Crippen LogP contribution < -0.4 is 10.0 Å². The van der Waals surface area contributed by atoms with Crippen LogP contribution in [0.4, 0.5) is 21.5 Å². The fourth-order valence-corrected chi connectivity index (χ4v) is 3.01. The van der Waals surface area contributed by atoms with Gasteiger partial charge in [-0.1, -0.05) is 6.07 Å². The van der Waals surface area contributed by atoms with Crippen molar-refractivity contribution in [2.24, 2.45) is 0 Å². The highest BCUT2D eigenvalue weighted by Crippen LogP contribution is 2.29. The number of non-ortho nitro benzene ring substituents is 1. The van der Waals surface area contributed by atoms with E-state index in [1.807, 2.05) is 0 Å². The smallest absolute Gasteiger partial charge is 0.271 e. The van der Waals surface area contributed by atoms with Crippen molar-refractivity contribution in [2.45, 2.75) is 4.90 Å². The summed E-state index contributed by atoms with van der Waals surface area (Å²) in [6.45, 7) is -0.0976. The van der Waals surface area contributed by atoms with E-state index in [9.17, 15) is 22.9 Å². The number of hydrogen-bond acceptors (Lipinski definition) is 6. The van der Waals surface area contributed by atoms with Gasteiger partial charge in [-0.2, -0.15) is 0 Å². The number of nitro benzene ring substituents is 1. The van der Waals surface area contributed by atoms with E-state index in [1.54, 1.807) is 0 Å². The summed E-state index contributed by atoms with van der Waals surface area (Å²) >= 11 is 0. The van der Waals surface area contributed by atoms with Gasteiger partial charge in [0.15, 0.2) is 0 Å². The van der Waals surface area contributed by atoms with Gasteiger partial charge in [0.25, 0.3) is 15.7 Å². The number of aliphatic hydroxyl groups is 1.